The molecule has 290 valence electrons. The molecule has 2 aromatic carbocycles. The molecule has 1 aliphatic rings. The minimum Gasteiger partial charge on any atom is -0.466 e. The van der Waals surface area contributed by atoms with Gasteiger partial charge in [0.05, 0.1) is 47.8 Å². The maximum atomic E-state index is 12.4. The van der Waals surface area contributed by atoms with Crippen molar-refractivity contribution in [2.45, 2.75) is 92.8 Å². The van der Waals surface area contributed by atoms with Crippen molar-refractivity contribution in [1.29, 1.82) is 0 Å². The standard InChI is InChI=1S/C23H28N6O3.C14H20N4O.C3H8/c1-15-4-5-18-20(8-15)29(22(31)12-25-18)14-28(3)7-6-16(2)24-10-17-9-19-23(26-11-17)32-13-21(30)27-19;1-10-3-4-12-13(7-10)18(14(19)8-17-12)9-16-6-5-11(2)15;1-3-2/h4-5,8-9,11-12,16,24H,6-7,10,13-14H2,1-3H3,(H,27,30);3-4,7-8,11,16H,5-6,9,15H2,1-2H3;3H2,1-2H3. The molecule has 54 heavy (non-hydrogen) atoms. The van der Waals surface area contributed by atoms with Gasteiger partial charge in [-0.05, 0) is 101 Å². The van der Waals surface area contributed by atoms with Crippen molar-refractivity contribution in [2.75, 3.05) is 32.1 Å². The van der Waals surface area contributed by atoms with Gasteiger partial charge in [-0.25, -0.2) is 15.0 Å². The van der Waals surface area contributed by atoms with Gasteiger partial charge >= 0.3 is 0 Å². The van der Waals surface area contributed by atoms with Crippen molar-refractivity contribution in [1.82, 2.24) is 39.6 Å². The number of nitrogens with one attached hydrogen (secondary N) is 3. The fraction of sp³-hybridized carbons (Fsp3) is 0.450. The van der Waals surface area contributed by atoms with Gasteiger partial charge in [0.15, 0.2) is 6.61 Å². The average Bonchev–Trinajstić information content (AvgIpc) is 3.14. The molecule has 14 heteroatoms. The van der Waals surface area contributed by atoms with Gasteiger partial charge in [0, 0.05) is 31.4 Å². The van der Waals surface area contributed by atoms with Crippen LogP contribution in [0.5, 0.6) is 5.88 Å². The number of benzene rings is 2. The number of nitrogens with two attached hydrogens (primary N) is 1. The zero-order valence-corrected chi connectivity index (χ0v) is 32.7. The van der Waals surface area contributed by atoms with E-state index >= 15 is 0 Å². The predicted molar refractivity (Wildman–Crippen MR) is 216 cm³/mol. The lowest BCUT2D eigenvalue weighted by Crippen LogP contribution is -2.34. The highest BCUT2D eigenvalue weighted by atomic mass is 16.5. The van der Waals surface area contributed by atoms with E-state index < -0.39 is 0 Å². The third-order valence-corrected chi connectivity index (χ3v) is 8.55. The molecule has 2 atom stereocenters. The van der Waals surface area contributed by atoms with Gasteiger partial charge in [-0.15, -0.1) is 0 Å². The first-order valence-electron chi connectivity index (χ1n) is 18.6. The molecule has 0 bridgehead atoms. The van der Waals surface area contributed by atoms with Gasteiger partial charge < -0.3 is 21.1 Å². The predicted octanol–water partition coefficient (Wildman–Crippen LogP) is 4.29. The maximum absolute atomic E-state index is 12.4. The molecule has 1 amide bonds. The summed E-state index contributed by atoms with van der Waals surface area (Å²) in [5, 5.41) is 9.51. The van der Waals surface area contributed by atoms with Crippen molar-refractivity contribution in [3.8, 4) is 5.88 Å². The van der Waals surface area contributed by atoms with E-state index in [9.17, 15) is 14.4 Å². The molecular weight excluding hydrogens is 685 g/mol. The number of carbonyl (C=O) groups is 1. The van der Waals surface area contributed by atoms with Crippen LogP contribution in [0.1, 0.15) is 63.6 Å². The Bertz CT molecular complexity index is 2110. The Labute approximate surface area is 317 Å². The van der Waals surface area contributed by atoms with E-state index in [1.807, 2.05) is 70.3 Å². The lowest BCUT2D eigenvalue weighted by molar-refractivity contribution is -0.118. The summed E-state index contributed by atoms with van der Waals surface area (Å²) in [7, 11) is 2.01. The molecule has 4 heterocycles. The average molecular weight is 741 g/mol. The Morgan fingerprint density at radius 1 is 0.889 bits per heavy atom. The second-order valence-electron chi connectivity index (χ2n) is 14.0. The summed E-state index contributed by atoms with van der Waals surface area (Å²) in [5.74, 6) is 0.286. The first kappa shape index (κ1) is 41.7. The Balaban J connectivity index is 0.000000251. The molecule has 0 aliphatic carbocycles. The van der Waals surface area contributed by atoms with Gasteiger partial charge in [0.1, 0.15) is 5.69 Å². The third-order valence-electron chi connectivity index (χ3n) is 8.55. The van der Waals surface area contributed by atoms with Gasteiger partial charge in [-0.2, -0.15) is 0 Å². The van der Waals surface area contributed by atoms with E-state index in [0.717, 1.165) is 64.7 Å². The minimum absolute atomic E-state index is 0.00314. The van der Waals surface area contributed by atoms with E-state index in [1.54, 1.807) is 15.3 Å². The summed E-state index contributed by atoms with van der Waals surface area (Å²) in [6, 6.07) is 14.2. The number of hydrogen-bond acceptors (Lipinski definition) is 11. The number of fused-ring (bicyclic) bond motifs is 3. The fourth-order valence-corrected chi connectivity index (χ4v) is 5.61. The van der Waals surface area contributed by atoms with Crippen LogP contribution in [0.15, 0.2) is 70.6 Å². The molecule has 2 unspecified atom stereocenters. The number of pyridine rings is 1. The number of anilines is 1. The molecule has 6 rings (SSSR count). The molecular formula is C40H56N10O4. The summed E-state index contributed by atoms with van der Waals surface area (Å²) in [6.45, 7) is 15.6. The maximum Gasteiger partial charge on any atom is 0.270 e. The highest BCUT2D eigenvalue weighted by molar-refractivity contribution is 5.94. The van der Waals surface area contributed by atoms with Gasteiger partial charge in [0.25, 0.3) is 17.0 Å². The molecule has 1 aliphatic heterocycles. The SMILES string of the molecule is CCC.Cc1ccc2ncc(=O)n(CN(C)CCC(C)NCc3cnc4c(c3)NC(=O)CO4)c2c1.Cc1ccc2ncc(=O)n(CNCCC(C)N)c2c1. The van der Waals surface area contributed by atoms with Crippen molar-refractivity contribution in [3.05, 3.63) is 98.5 Å². The first-order valence-corrected chi connectivity index (χ1v) is 18.6. The van der Waals surface area contributed by atoms with Crippen molar-refractivity contribution in [3.63, 3.8) is 0 Å². The van der Waals surface area contributed by atoms with E-state index in [1.165, 1.54) is 18.8 Å². The quantitative estimate of drug-likeness (QED) is 0.127. The Morgan fingerprint density at radius 3 is 2.13 bits per heavy atom. The monoisotopic (exact) mass is 740 g/mol. The molecule has 0 spiro atoms. The van der Waals surface area contributed by atoms with Crippen LogP contribution in [-0.4, -0.2) is 73.7 Å². The number of nitrogens with zero attached hydrogens (tertiary/aromatic N) is 6. The summed E-state index contributed by atoms with van der Waals surface area (Å²) >= 11 is 0. The second kappa shape index (κ2) is 20.4. The topological polar surface area (TPSA) is 174 Å². The van der Waals surface area contributed by atoms with E-state index in [-0.39, 0.29) is 35.7 Å². The van der Waals surface area contributed by atoms with Crippen LogP contribution >= 0.6 is 0 Å². The smallest absolute Gasteiger partial charge is 0.270 e. The normalized spacial score (nSPS) is 13.2. The highest BCUT2D eigenvalue weighted by Crippen LogP contribution is 2.25. The summed E-state index contributed by atoms with van der Waals surface area (Å²) in [4.78, 5) is 50.6. The van der Waals surface area contributed by atoms with Crippen LogP contribution in [0.2, 0.25) is 0 Å². The van der Waals surface area contributed by atoms with Crippen molar-refractivity contribution >= 4 is 33.7 Å². The molecule has 5 aromatic rings. The molecule has 0 saturated carbocycles. The van der Waals surface area contributed by atoms with E-state index in [4.69, 9.17) is 10.5 Å². The van der Waals surface area contributed by atoms with Crippen molar-refractivity contribution < 1.29 is 9.53 Å². The summed E-state index contributed by atoms with van der Waals surface area (Å²) in [6.07, 6.45) is 7.55. The highest BCUT2D eigenvalue weighted by Gasteiger charge is 2.17. The summed E-state index contributed by atoms with van der Waals surface area (Å²) < 4.78 is 8.77. The van der Waals surface area contributed by atoms with E-state index in [2.05, 4.69) is 56.6 Å². The van der Waals surface area contributed by atoms with Gasteiger partial charge in [-0.3, -0.25) is 33.7 Å². The van der Waals surface area contributed by atoms with Gasteiger partial charge in [-0.1, -0.05) is 32.4 Å². The largest absolute Gasteiger partial charge is 0.466 e. The minimum atomic E-state index is -0.169. The van der Waals surface area contributed by atoms with Crippen LogP contribution in [-0.2, 0) is 24.7 Å². The number of amides is 1. The zero-order valence-electron chi connectivity index (χ0n) is 32.7. The number of rotatable bonds is 13. The van der Waals surface area contributed by atoms with Crippen LogP contribution in [0, 0.1) is 13.8 Å². The van der Waals surface area contributed by atoms with Crippen LogP contribution in [0.3, 0.4) is 0 Å². The first-order chi connectivity index (χ1) is 25.9. The second-order valence-corrected chi connectivity index (χ2v) is 14.0. The number of aryl methyl sites for hydroxylation is 2. The van der Waals surface area contributed by atoms with Crippen LogP contribution < -0.4 is 37.5 Å². The fourth-order valence-electron chi connectivity index (χ4n) is 5.61. The molecule has 5 N–H and O–H groups in total. The number of ether oxygens (including phenoxy) is 1. The molecule has 3 aromatic heterocycles. The number of hydrogen-bond donors (Lipinski definition) is 4. The van der Waals surface area contributed by atoms with Crippen LogP contribution in [0.25, 0.3) is 22.1 Å². The van der Waals surface area contributed by atoms with Crippen molar-refractivity contribution in [2.24, 2.45) is 5.73 Å². The lowest BCUT2D eigenvalue weighted by atomic mass is 10.2. The Kier molecular flexibility index (Phi) is 15.8. The number of aromatic nitrogens is 5. The Morgan fingerprint density at radius 2 is 1.50 bits per heavy atom. The van der Waals surface area contributed by atoms with E-state index in [0.29, 0.717) is 31.4 Å². The summed E-state index contributed by atoms with van der Waals surface area (Å²) in [5.41, 5.74) is 12.7. The molecule has 0 radical (unpaired) electrons. The third kappa shape index (κ3) is 12.3. The Hall–Kier alpha value is -5.02. The molecule has 0 fully saturated rings. The molecule has 0 saturated heterocycles. The van der Waals surface area contributed by atoms with Crippen LogP contribution in [0.4, 0.5) is 5.69 Å². The molecule has 14 nitrogen and oxygen atoms in total. The number of carbonyl (C=O) groups excluding carboxylic acids is 1. The zero-order chi connectivity index (χ0) is 39.2. The van der Waals surface area contributed by atoms with Gasteiger partial charge in [0.2, 0.25) is 5.88 Å². The lowest BCUT2D eigenvalue weighted by Gasteiger charge is -2.22.